The van der Waals surface area contributed by atoms with Crippen molar-refractivity contribution in [3.05, 3.63) is 35.3 Å². The number of halogens is 3. The number of alkyl halides is 3. The van der Waals surface area contributed by atoms with Gasteiger partial charge >= 0.3 is 6.18 Å². The molecule has 130 valence electrons. The van der Waals surface area contributed by atoms with E-state index in [0.717, 1.165) is 17.0 Å². The third kappa shape index (κ3) is 4.71. The van der Waals surface area contributed by atoms with Crippen molar-refractivity contribution >= 4 is 11.6 Å². The van der Waals surface area contributed by atoms with E-state index in [2.05, 4.69) is 20.1 Å². The summed E-state index contributed by atoms with van der Waals surface area (Å²) in [5.41, 5.74) is 2.89. The highest BCUT2D eigenvalue weighted by molar-refractivity contribution is 5.92. The molecule has 9 heteroatoms. The molecule has 1 amide bonds. The molecular weight excluding hydrogens is 325 g/mol. The predicted octanol–water partition coefficient (Wildman–Crippen LogP) is 2.55. The van der Waals surface area contributed by atoms with Crippen molar-refractivity contribution in [3.8, 4) is 5.88 Å². The largest absolute Gasteiger partial charge is 0.468 e. The van der Waals surface area contributed by atoms with E-state index >= 15 is 0 Å². The number of anilines is 1. The molecule has 0 aliphatic carbocycles. The fourth-order valence-electron chi connectivity index (χ4n) is 2.13. The van der Waals surface area contributed by atoms with Gasteiger partial charge in [-0.2, -0.15) is 18.3 Å². The van der Waals surface area contributed by atoms with Gasteiger partial charge in [0.15, 0.2) is 6.61 Å². The Kier molecular flexibility index (Phi) is 5.10. The van der Waals surface area contributed by atoms with E-state index in [1.807, 2.05) is 13.8 Å². The highest BCUT2D eigenvalue weighted by atomic mass is 19.4. The Morgan fingerprint density at radius 1 is 1.33 bits per heavy atom. The molecule has 0 aromatic carbocycles. The molecule has 0 spiro atoms. The smallest absolute Gasteiger partial charge is 0.422 e. The minimum atomic E-state index is -4.42. The molecule has 6 nitrogen and oxygen atoms in total. The molecule has 0 fully saturated rings. The van der Waals surface area contributed by atoms with Crippen LogP contribution in [0, 0.1) is 13.8 Å². The minimum absolute atomic E-state index is 0.151. The maximum absolute atomic E-state index is 12.1. The molecule has 2 heterocycles. The topological polar surface area (TPSA) is 69.0 Å². The maximum atomic E-state index is 12.1. The van der Waals surface area contributed by atoms with Crippen molar-refractivity contribution in [1.82, 2.24) is 14.8 Å². The van der Waals surface area contributed by atoms with Crippen LogP contribution in [0.1, 0.15) is 17.0 Å². The first-order valence-corrected chi connectivity index (χ1v) is 7.10. The zero-order chi connectivity index (χ0) is 17.9. The molecule has 0 radical (unpaired) electrons. The zero-order valence-corrected chi connectivity index (χ0v) is 13.4. The van der Waals surface area contributed by atoms with Crippen LogP contribution in [0.4, 0.5) is 18.9 Å². The lowest BCUT2D eigenvalue weighted by Crippen LogP contribution is -2.19. The van der Waals surface area contributed by atoms with Crippen LogP contribution in [0.25, 0.3) is 0 Å². The van der Waals surface area contributed by atoms with Gasteiger partial charge < -0.3 is 10.1 Å². The van der Waals surface area contributed by atoms with E-state index in [4.69, 9.17) is 0 Å². The van der Waals surface area contributed by atoms with E-state index in [-0.39, 0.29) is 18.2 Å². The predicted molar refractivity (Wildman–Crippen MR) is 80.8 cm³/mol. The summed E-state index contributed by atoms with van der Waals surface area (Å²) in [5, 5.41) is 6.88. The van der Waals surface area contributed by atoms with Gasteiger partial charge in [0.1, 0.15) is 0 Å². The number of nitrogens with zero attached hydrogens (tertiary/aromatic N) is 3. The standard InChI is InChI=1S/C15H17F3N4O2/c1-9-12(10(2)22(3)21-9)6-13(23)20-11-4-5-14(19-7-11)24-8-15(16,17)18/h4-5,7H,6,8H2,1-3H3,(H,20,23). The lowest BCUT2D eigenvalue weighted by Gasteiger charge is -2.09. The van der Waals surface area contributed by atoms with Crippen molar-refractivity contribution in [2.45, 2.75) is 26.4 Å². The summed E-state index contributed by atoms with van der Waals surface area (Å²) >= 11 is 0. The normalized spacial score (nSPS) is 11.4. The number of amides is 1. The van der Waals surface area contributed by atoms with Crippen molar-refractivity contribution in [2.75, 3.05) is 11.9 Å². The molecule has 0 saturated carbocycles. The lowest BCUT2D eigenvalue weighted by atomic mass is 10.1. The average molecular weight is 342 g/mol. The van der Waals surface area contributed by atoms with Crippen molar-refractivity contribution in [3.63, 3.8) is 0 Å². The fraction of sp³-hybridized carbons (Fsp3) is 0.400. The summed E-state index contributed by atoms with van der Waals surface area (Å²) in [4.78, 5) is 15.8. The van der Waals surface area contributed by atoms with Crippen molar-refractivity contribution < 1.29 is 22.7 Å². The first-order chi connectivity index (χ1) is 11.2. The third-order valence-corrected chi connectivity index (χ3v) is 3.40. The van der Waals surface area contributed by atoms with Crippen molar-refractivity contribution in [2.24, 2.45) is 7.05 Å². The van der Waals surface area contributed by atoms with Crippen LogP contribution in [0.3, 0.4) is 0 Å². The van der Waals surface area contributed by atoms with Crippen LogP contribution in [-0.4, -0.2) is 33.5 Å². The lowest BCUT2D eigenvalue weighted by molar-refractivity contribution is -0.154. The van der Waals surface area contributed by atoms with Gasteiger partial charge in [-0.1, -0.05) is 0 Å². The van der Waals surface area contributed by atoms with Crippen LogP contribution < -0.4 is 10.1 Å². The van der Waals surface area contributed by atoms with Gasteiger partial charge in [0.05, 0.1) is 24.0 Å². The number of carbonyl (C=O) groups is 1. The number of ether oxygens (including phenoxy) is 1. The molecule has 0 aliphatic heterocycles. The van der Waals surface area contributed by atoms with Gasteiger partial charge in [-0.3, -0.25) is 9.48 Å². The molecule has 24 heavy (non-hydrogen) atoms. The Hall–Kier alpha value is -2.58. The Labute approximate surface area is 136 Å². The number of carbonyl (C=O) groups excluding carboxylic acids is 1. The van der Waals surface area contributed by atoms with Gasteiger partial charge in [0, 0.05) is 24.4 Å². The second-order valence-electron chi connectivity index (χ2n) is 5.29. The fourth-order valence-corrected chi connectivity index (χ4v) is 2.13. The molecule has 1 N–H and O–H groups in total. The number of aryl methyl sites for hydroxylation is 2. The van der Waals surface area contributed by atoms with Gasteiger partial charge in [0.2, 0.25) is 11.8 Å². The molecule has 0 bridgehead atoms. The first kappa shape index (κ1) is 17.8. The summed E-state index contributed by atoms with van der Waals surface area (Å²) in [5.74, 6) is -0.427. The van der Waals surface area contributed by atoms with Gasteiger partial charge in [0.25, 0.3) is 0 Å². The molecule has 0 aliphatic rings. The number of aromatic nitrogens is 3. The number of rotatable bonds is 5. The molecule has 2 aromatic rings. The van der Waals surface area contributed by atoms with Crippen LogP contribution in [0.2, 0.25) is 0 Å². The van der Waals surface area contributed by atoms with Crippen LogP contribution in [0.15, 0.2) is 18.3 Å². The van der Waals surface area contributed by atoms with E-state index in [9.17, 15) is 18.0 Å². The van der Waals surface area contributed by atoms with E-state index in [1.54, 1.807) is 11.7 Å². The van der Waals surface area contributed by atoms with Gasteiger partial charge in [-0.05, 0) is 19.9 Å². The highest BCUT2D eigenvalue weighted by Crippen LogP contribution is 2.18. The molecule has 0 atom stereocenters. The Balaban J connectivity index is 1.94. The number of hydrogen-bond acceptors (Lipinski definition) is 4. The quantitative estimate of drug-likeness (QED) is 0.907. The average Bonchev–Trinajstić information content (AvgIpc) is 2.72. The maximum Gasteiger partial charge on any atom is 0.422 e. The van der Waals surface area contributed by atoms with Crippen LogP contribution in [-0.2, 0) is 18.3 Å². The first-order valence-electron chi connectivity index (χ1n) is 7.10. The molecular formula is C15H17F3N4O2. The van der Waals surface area contributed by atoms with Gasteiger partial charge in [-0.25, -0.2) is 4.98 Å². The second kappa shape index (κ2) is 6.90. The minimum Gasteiger partial charge on any atom is -0.468 e. The monoisotopic (exact) mass is 342 g/mol. The summed E-state index contributed by atoms with van der Waals surface area (Å²) in [6.07, 6.45) is -3.03. The number of hydrogen-bond donors (Lipinski definition) is 1. The van der Waals surface area contributed by atoms with Gasteiger partial charge in [-0.15, -0.1) is 0 Å². The van der Waals surface area contributed by atoms with E-state index in [0.29, 0.717) is 5.69 Å². The molecule has 0 unspecified atom stereocenters. The SMILES string of the molecule is Cc1nn(C)c(C)c1CC(=O)Nc1ccc(OCC(F)(F)F)nc1. The van der Waals surface area contributed by atoms with Crippen LogP contribution in [0.5, 0.6) is 5.88 Å². The second-order valence-corrected chi connectivity index (χ2v) is 5.29. The number of pyridine rings is 1. The summed E-state index contributed by atoms with van der Waals surface area (Å²) in [6.45, 7) is 2.28. The Bertz CT molecular complexity index is 724. The third-order valence-electron chi connectivity index (χ3n) is 3.40. The van der Waals surface area contributed by atoms with E-state index < -0.39 is 12.8 Å². The zero-order valence-electron chi connectivity index (χ0n) is 13.4. The summed E-state index contributed by atoms with van der Waals surface area (Å²) < 4.78 is 42.4. The van der Waals surface area contributed by atoms with Crippen molar-refractivity contribution in [1.29, 1.82) is 0 Å². The molecule has 2 rings (SSSR count). The summed E-state index contributed by atoms with van der Waals surface area (Å²) in [7, 11) is 1.80. The Morgan fingerprint density at radius 2 is 2.04 bits per heavy atom. The van der Waals surface area contributed by atoms with Crippen LogP contribution >= 0.6 is 0 Å². The molecule has 0 saturated heterocycles. The number of nitrogens with one attached hydrogen (secondary N) is 1. The molecule has 2 aromatic heterocycles. The van der Waals surface area contributed by atoms with E-state index in [1.165, 1.54) is 18.3 Å². The summed E-state index contributed by atoms with van der Waals surface area (Å²) in [6, 6.07) is 2.70. The Morgan fingerprint density at radius 3 is 2.54 bits per heavy atom. The highest BCUT2D eigenvalue weighted by Gasteiger charge is 2.28.